The zero-order valence-electron chi connectivity index (χ0n) is 10.1. The summed E-state index contributed by atoms with van der Waals surface area (Å²) in [6.07, 6.45) is 0. The summed E-state index contributed by atoms with van der Waals surface area (Å²) in [5.41, 5.74) is 0.953. The van der Waals surface area contributed by atoms with Crippen LogP contribution in [0.5, 0.6) is 5.75 Å². The second kappa shape index (κ2) is 5.98. The number of nitro benzene ring substituents is 1. The monoisotopic (exact) mass is 312 g/mol. The predicted octanol–water partition coefficient (Wildman–Crippen LogP) is 4.22. The first-order valence-electron chi connectivity index (χ1n) is 5.62. The van der Waals surface area contributed by atoms with Crippen molar-refractivity contribution in [1.82, 2.24) is 0 Å². The molecule has 0 amide bonds. The van der Waals surface area contributed by atoms with E-state index in [0.717, 1.165) is 0 Å². The van der Waals surface area contributed by atoms with E-state index in [1.54, 1.807) is 18.2 Å². The Morgan fingerprint density at radius 2 is 1.95 bits per heavy atom. The lowest BCUT2D eigenvalue weighted by Crippen LogP contribution is -2.01. The summed E-state index contributed by atoms with van der Waals surface area (Å²) in [4.78, 5) is 10.2. The Morgan fingerprint density at radius 1 is 1.20 bits per heavy atom. The summed E-state index contributed by atoms with van der Waals surface area (Å²) in [6, 6.07) is 8.79. The van der Waals surface area contributed by atoms with Gasteiger partial charge in [-0.05, 0) is 24.3 Å². The van der Waals surface area contributed by atoms with Gasteiger partial charge in [0.05, 0.1) is 15.6 Å². The van der Waals surface area contributed by atoms with Crippen LogP contribution in [-0.4, -0.2) is 10.0 Å². The lowest BCUT2D eigenvalue weighted by molar-refractivity contribution is -0.384. The van der Waals surface area contributed by atoms with Gasteiger partial charge in [-0.2, -0.15) is 0 Å². The molecule has 2 rings (SSSR count). The van der Waals surface area contributed by atoms with Crippen LogP contribution in [0.25, 0.3) is 0 Å². The molecule has 0 atom stereocenters. The number of benzene rings is 2. The molecule has 2 N–H and O–H groups in total. The summed E-state index contributed by atoms with van der Waals surface area (Å²) in [6.45, 7) is 0.203. The molecule has 0 heterocycles. The van der Waals surface area contributed by atoms with E-state index in [2.05, 4.69) is 5.32 Å². The molecule has 2 aromatic carbocycles. The number of hydrogen-bond acceptors (Lipinski definition) is 4. The van der Waals surface area contributed by atoms with Crippen LogP contribution in [0.1, 0.15) is 5.56 Å². The number of nitro groups is 1. The van der Waals surface area contributed by atoms with Gasteiger partial charge in [0.25, 0.3) is 5.69 Å². The van der Waals surface area contributed by atoms with Crippen molar-refractivity contribution in [3.8, 4) is 5.75 Å². The number of aromatic hydroxyl groups is 1. The Balaban J connectivity index is 2.18. The maximum Gasteiger partial charge on any atom is 0.270 e. The minimum atomic E-state index is -0.516. The highest BCUT2D eigenvalue weighted by atomic mass is 35.5. The molecule has 0 saturated heterocycles. The third-order valence-corrected chi connectivity index (χ3v) is 3.22. The first kappa shape index (κ1) is 14.4. The Bertz CT molecular complexity index is 662. The molecular formula is C13H10Cl2N2O3. The number of rotatable bonds is 4. The molecule has 0 unspecified atom stereocenters. The van der Waals surface area contributed by atoms with Crippen molar-refractivity contribution >= 4 is 34.6 Å². The van der Waals surface area contributed by atoms with Crippen molar-refractivity contribution < 1.29 is 10.0 Å². The average Bonchev–Trinajstić information content (AvgIpc) is 2.39. The number of anilines is 1. The van der Waals surface area contributed by atoms with Crippen molar-refractivity contribution in [1.29, 1.82) is 0 Å². The fourth-order valence-corrected chi connectivity index (χ4v) is 2.13. The Kier molecular flexibility index (Phi) is 4.32. The van der Waals surface area contributed by atoms with E-state index in [9.17, 15) is 15.2 Å². The van der Waals surface area contributed by atoms with E-state index in [1.807, 2.05) is 0 Å². The van der Waals surface area contributed by atoms with E-state index >= 15 is 0 Å². The highest BCUT2D eigenvalue weighted by Gasteiger charge is 2.10. The van der Waals surface area contributed by atoms with Crippen LogP contribution in [0, 0.1) is 10.1 Å². The molecule has 20 heavy (non-hydrogen) atoms. The van der Waals surface area contributed by atoms with Crippen molar-refractivity contribution in [2.75, 3.05) is 5.32 Å². The minimum Gasteiger partial charge on any atom is -0.508 e. The van der Waals surface area contributed by atoms with Gasteiger partial charge in [-0.15, -0.1) is 0 Å². The first-order chi connectivity index (χ1) is 9.47. The maximum absolute atomic E-state index is 10.7. The van der Waals surface area contributed by atoms with Gasteiger partial charge in [-0.3, -0.25) is 10.1 Å². The lowest BCUT2D eigenvalue weighted by atomic mass is 10.1. The number of hydrogen-bond donors (Lipinski definition) is 2. The number of nitrogens with one attached hydrogen (secondary N) is 1. The predicted molar refractivity (Wildman–Crippen MR) is 78.5 cm³/mol. The number of non-ortho nitro benzene ring substituents is 1. The Morgan fingerprint density at radius 3 is 2.60 bits per heavy atom. The molecule has 2 aromatic rings. The molecule has 0 spiro atoms. The second-order valence-electron chi connectivity index (χ2n) is 4.05. The molecule has 0 radical (unpaired) electrons. The van der Waals surface area contributed by atoms with Crippen molar-refractivity contribution in [3.63, 3.8) is 0 Å². The standard InChI is InChI=1S/C13H10Cl2N2O3/c14-9-1-3-12(11(15)6-9)16-7-8-5-10(17(19)20)2-4-13(8)18/h1-6,16,18H,7H2. The second-order valence-corrected chi connectivity index (χ2v) is 4.89. The SMILES string of the molecule is O=[N+]([O-])c1ccc(O)c(CNc2ccc(Cl)cc2Cl)c1. The highest BCUT2D eigenvalue weighted by Crippen LogP contribution is 2.28. The summed E-state index contributed by atoms with van der Waals surface area (Å²) in [5.74, 6) is -0.0202. The quantitative estimate of drug-likeness (QED) is 0.654. The zero-order valence-corrected chi connectivity index (χ0v) is 11.6. The molecule has 0 fully saturated rings. The lowest BCUT2D eigenvalue weighted by Gasteiger charge is -2.10. The summed E-state index contributed by atoms with van der Waals surface area (Å²) >= 11 is 11.8. The third-order valence-electron chi connectivity index (χ3n) is 2.67. The normalized spacial score (nSPS) is 10.3. The highest BCUT2D eigenvalue weighted by molar-refractivity contribution is 6.36. The van der Waals surface area contributed by atoms with Gasteiger partial charge in [0.1, 0.15) is 5.75 Å². The fraction of sp³-hybridized carbons (Fsp3) is 0.0769. The average molecular weight is 313 g/mol. The molecule has 7 heteroatoms. The van der Waals surface area contributed by atoms with E-state index < -0.39 is 4.92 Å². The van der Waals surface area contributed by atoms with Crippen LogP contribution >= 0.6 is 23.2 Å². The van der Waals surface area contributed by atoms with Gasteiger partial charge < -0.3 is 10.4 Å². The maximum atomic E-state index is 10.7. The third kappa shape index (κ3) is 3.31. The molecule has 0 aromatic heterocycles. The van der Waals surface area contributed by atoms with Gasteiger partial charge in [-0.25, -0.2) is 0 Å². The van der Waals surface area contributed by atoms with Crippen molar-refractivity contribution in [2.24, 2.45) is 0 Å². The van der Waals surface area contributed by atoms with Crippen molar-refractivity contribution in [3.05, 3.63) is 62.1 Å². The smallest absolute Gasteiger partial charge is 0.270 e. The minimum absolute atomic E-state index is 0.0202. The number of phenolic OH excluding ortho intramolecular Hbond substituents is 1. The van der Waals surface area contributed by atoms with Crippen LogP contribution in [0.15, 0.2) is 36.4 Å². The van der Waals surface area contributed by atoms with E-state index in [1.165, 1.54) is 18.2 Å². The van der Waals surface area contributed by atoms with Crippen LogP contribution in [0.3, 0.4) is 0 Å². The van der Waals surface area contributed by atoms with Crippen LogP contribution < -0.4 is 5.32 Å². The van der Waals surface area contributed by atoms with E-state index in [-0.39, 0.29) is 18.0 Å². The number of phenols is 1. The molecular weight excluding hydrogens is 303 g/mol. The molecule has 0 aliphatic heterocycles. The summed E-state index contributed by atoms with van der Waals surface area (Å²) in [5, 5.41) is 24.3. The molecule has 0 saturated carbocycles. The number of halogens is 2. The van der Waals surface area contributed by atoms with Gasteiger partial charge in [0, 0.05) is 29.3 Å². The summed E-state index contributed by atoms with van der Waals surface area (Å²) in [7, 11) is 0. The zero-order chi connectivity index (χ0) is 14.7. The van der Waals surface area contributed by atoms with Gasteiger partial charge >= 0.3 is 0 Å². The van der Waals surface area contributed by atoms with Gasteiger partial charge in [0.15, 0.2) is 0 Å². The molecule has 104 valence electrons. The van der Waals surface area contributed by atoms with Crippen LogP contribution in [-0.2, 0) is 6.54 Å². The Labute approximate surface area is 124 Å². The largest absolute Gasteiger partial charge is 0.508 e. The van der Waals surface area contributed by atoms with Crippen LogP contribution in [0.4, 0.5) is 11.4 Å². The first-order valence-corrected chi connectivity index (χ1v) is 6.38. The van der Waals surface area contributed by atoms with Crippen molar-refractivity contribution in [2.45, 2.75) is 6.54 Å². The molecule has 0 aliphatic carbocycles. The molecule has 0 aliphatic rings. The van der Waals surface area contributed by atoms with Gasteiger partial charge in [0.2, 0.25) is 0 Å². The topological polar surface area (TPSA) is 75.4 Å². The van der Waals surface area contributed by atoms with E-state index in [0.29, 0.717) is 21.3 Å². The van der Waals surface area contributed by atoms with Crippen LogP contribution in [0.2, 0.25) is 10.0 Å². The van der Waals surface area contributed by atoms with E-state index in [4.69, 9.17) is 23.2 Å². The summed E-state index contributed by atoms with van der Waals surface area (Å²) < 4.78 is 0. The molecule has 5 nitrogen and oxygen atoms in total. The number of nitrogens with zero attached hydrogens (tertiary/aromatic N) is 1. The fourth-order valence-electron chi connectivity index (χ4n) is 1.65. The Hall–Kier alpha value is -1.98. The van der Waals surface area contributed by atoms with Gasteiger partial charge in [-0.1, -0.05) is 23.2 Å². The molecule has 0 bridgehead atoms.